The topological polar surface area (TPSA) is 222 Å². The van der Waals surface area contributed by atoms with Crippen molar-refractivity contribution in [3.8, 4) is 17.2 Å². The summed E-state index contributed by atoms with van der Waals surface area (Å²) in [7, 11) is 2.89. The summed E-state index contributed by atoms with van der Waals surface area (Å²) in [5.41, 5.74) is -1.73. The van der Waals surface area contributed by atoms with Crippen LogP contribution in [0.15, 0.2) is 102 Å². The SMILES string of the molecule is COc1ccc(NC2=C3NC(=O)/C(C)=C\C=C[C@H](C)[C@H](O)[C@@H](C)[C@H](O)[C@H](C)[C@H](OC(C)=O)[C@H](C)[C@@H](OC)/C=C\O[C@@]4(C)Oc5c(C)c(OC(=O)c6ccccc6)c(c(c5C4=O)C2=O)C3=O)cc1. The van der Waals surface area contributed by atoms with Crippen molar-refractivity contribution in [2.75, 3.05) is 19.5 Å². The molecule has 0 saturated carbocycles. The Kier molecular flexibility index (Phi) is 15.0. The standard InChI is InChI=1S/C51H56N2O14/c1-25-15-14-16-26(2)49(60)53-40-39(52-33-19-21-34(62-9)22-20-33)43(57)36-37(44(40)58)46(66-50(61)32-17-12-11-13-18-32)30(6)47-38(36)48(59)51(8,67-47)64-24-23-35(63-10)27(3)45(65-31(7)54)29(5)42(56)28(4)41(25)55/h11-25,27-29,35,41-42,45,52,55-56H,1-10H3,(H,53,60)/b15-14?,24-23-,26-16-/t25-,27+,28+,29-,35-,41-,42-,45+,51-/m0/s1. The van der Waals surface area contributed by atoms with Gasteiger partial charge in [0.1, 0.15) is 34.7 Å². The number of aliphatic hydroxyl groups is 2. The summed E-state index contributed by atoms with van der Waals surface area (Å²) in [4.78, 5) is 85.4. The molecular formula is C51H56N2O14. The van der Waals surface area contributed by atoms with Crippen molar-refractivity contribution >= 4 is 40.9 Å². The number of anilines is 1. The van der Waals surface area contributed by atoms with Gasteiger partial charge in [-0.15, -0.1) is 0 Å². The van der Waals surface area contributed by atoms with E-state index in [0.717, 1.165) is 6.26 Å². The molecule has 67 heavy (non-hydrogen) atoms. The number of rotatable bonds is 7. The maximum absolute atomic E-state index is 15.2. The van der Waals surface area contributed by atoms with Crippen molar-refractivity contribution in [2.45, 2.75) is 85.6 Å². The Bertz CT molecular complexity index is 2580. The van der Waals surface area contributed by atoms with Crippen LogP contribution in [0.2, 0.25) is 0 Å². The highest BCUT2D eigenvalue weighted by molar-refractivity contribution is 6.33. The highest BCUT2D eigenvalue weighted by Gasteiger charge is 2.53. The quantitative estimate of drug-likeness (QED) is 0.145. The first-order valence-corrected chi connectivity index (χ1v) is 21.8. The van der Waals surface area contributed by atoms with E-state index in [2.05, 4.69) is 10.6 Å². The van der Waals surface area contributed by atoms with Gasteiger partial charge in [-0.3, -0.25) is 24.0 Å². The van der Waals surface area contributed by atoms with Crippen LogP contribution in [0.5, 0.6) is 17.2 Å². The van der Waals surface area contributed by atoms with Crippen molar-refractivity contribution in [1.29, 1.82) is 0 Å². The number of allylic oxidation sites excluding steroid dienone is 4. The van der Waals surface area contributed by atoms with Gasteiger partial charge < -0.3 is 49.3 Å². The number of fused-ring (bicyclic) bond motifs is 14. The van der Waals surface area contributed by atoms with E-state index in [1.807, 2.05) is 0 Å². The number of carbonyl (C=O) groups is 6. The number of esters is 2. The maximum Gasteiger partial charge on any atom is 0.343 e. The van der Waals surface area contributed by atoms with Gasteiger partial charge in [-0.05, 0) is 56.3 Å². The lowest BCUT2D eigenvalue weighted by Crippen LogP contribution is -2.46. The number of amides is 1. The van der Waals surface area contributed by atoms with Gasteiger partial charge in [0.2, 0.25) is 11.6 Å². The molecule has 16 heteroatoms. The average Bonchev–Trinajstić information content (AvgIpc) is 3.58. The number of ether oxygens (including phenoxy) is 6. The molecule has 4 N–H and O–H groups in total. The van der Waals surface area contributed by atoms with Crippen LogP contribution in [-0.4, -0.2) is 89.8 Å². The van der Waals surface area contributed by atoms with E-state index < -0.39 is 117 Å². The zero-order chi connectivity index (χ0) is 49.1. The van der Waals surface area contributed by atoms with Crippen LogP contribution in [-0.2, 0) is 23.8 Å². The molecule has 3 aliphatic heterocycles. The lowest BCUT2D eigenvalue weighted by atomic mass is 9.78. The summed E-state index contributed by atoms with van der Waals surface area (Å²) in [5.74, 6) is -10.1. The van der Waals surface area contributed by atoms with Gasteiger partial charge >= 0.3 is 17.7 Å². The van der Waals surface area contributed by atoms with Crippen molar-refractivity contribution in [1.82, 2.24) is 5.32 Å². The lowest BCUT2D eigenvalue weighted by molar-refractivity contribution is -0.160. The highest BCUT2D eigenvalue weighted by Crippen LogP contribution is 2.49. The number of benzene rings is 3. The molecule has 3 aromatic rings. The second-order valence-electron chi connectivity index (χ2n) is 17.1. The third-order valence-electron chi connectivity index (χ3n) is 12.5. The molecule has 0 saturated heterocycles. The predicted octanol–water partition coefficient (Wildman–Crippen LogP) is 6.59. The van der Waals surface area contributed by atoms with Crippen LogP contribution in [0.3, 0.4) is 0 Å². The molecule has 1 aliphatic carbocycles. The minimum absolute atomic E-state index is 0.00138. The van der Waals surface area contributed by atoms with E-state index in [-0.39, 0.29) is 28.0 Å². The number of hydrogen-bond donors (Lipinski definition) is 4. The average molecular weight is 921 g/mol. The lowest BCUT2D eigenvalue weighted by Gasteiger charge is -2.38. The van der Waals surface area contributed by atoms with E-state index in [4.69, 9.17) is 28.4 Å². The van der Waals surface area contributed by atoms with E-state index in [0.29, 0.717) is 11.4 Å². The monoisotopic (exact) mass is 920 g/mol. The molecule has 0 radical (unpaired) electrons. The Morgan fingerprint density at radius 3 is 2.12 bits per heavy atom. The molecule has 1 amide bonds. The van der Waals surface area contributed by atoms with E-state index in [9.17, 15) is 29.4 Å². The molecule has 0 fully saturated rings. The molecular weight excluding hydrogens is 865 g/mol. The molecule has 0 spiro atoms. The number of carbonyl (C=O) groups excluding carboxylic acids is 6. The van der Waals surface area contributed by atoms with Crippen molar-refractivity contribution in [3.05, 3.63) is 130 Å². The third kappa shape index (κ3) is 9.97. The maximum atomic E-state index is 15.2. The van der Waals surface area contributed by atoms with Gasteiger partial charge in [-0.2, -0.15) is 0 Å². The zero-order valence-corrected chi connectivity index (χ0v) is 39.0. The molecule has 354 valence electrons. The summed E-state index contributed by atoms with van der Waals surface area (Å²) in [6.45, 7) is 12.3. The van der Waals surface area contributed by atoms with Crippen LogP contribution >= 0.6 is 0 Å². The minimum atomic E-state index is -2.18. The second kappa shape index (κ2) is 20.3. The molecule has 0 unspecified atom stereocenters. The summed E-state index contributed by atoms with van der Waals surface area (Å²) in [5, 5.41) is 28.6. The molecule has 3 aromatic carbocycles. The minimum Gasteiger partial charge on any atom is -0.497 e. The fraction of sp³-hybridized carbons (Fsp3) is 0.373. The molecule has 16 nitrogen and oxygen atoms in total. The number of aliphatic hydroxyl groups excluding tert-OH is 2. The number of nitrogens with one attached hydrogen (secondary N) is 2. The van der Waals surface area contributed by atoms with E-state index in [1.165, 1.54) is 72.3 Å². The first-order valence-electron chi connectivity index (χ1n) is 21.8. The molecule has 3 heterocycles. The van der Waals surface area contributed by atoms with Crippen LogP contribution in [0.4, 0.5) is 5.69 Å². The predicted molar refractivity (Wildman–Crippen MR) is 245 cm³/mol. The number of ketones is 3. The first kappa shape index (κ1) is 49.6. The van der Waals surface area contributed by atoms with Crippen molar-refractivity contribution in [3.63, 3.8) is 0 Å². The second-order valence-corrected chi connectivity index (χ2v) is 17.1. The van der Waals surface area contributed by atoms with Gasteiger partial charge in [-0.25, -0.2) is 4.79 Å². The Labute approximate surface area is 388 Å². The summed E-state index contributed by atoms with van der Waals surface area (Å²) >= 11 is 0. The molecule has 5 bridgehead atoms. The third-order valence-corrected chi connectivity index (χ3v) is 12.5. The van der Waals surface area contributed by atoms with Gasteiger partial charge in [-0.1, -0.05) is 64.1 Å². The molecule has 0 aromatic heterocycles. The van der Waals surface area contributed by atoms with Gasteiger partial charge in [0, 0.05) is 61.5 Å². The number of hydrogen-bond acceptors (Lipinski definition) is 15. The van der Waals surface area contributed by atoms with E-state index >= 15 is 9.59 Å². The number of methoxy groups -OCH3 is 2. The van der Waals surface area contributed by atoms with Crippen LogP contribution in [0, 0.1) is 30.6 Å². The summed E-state index contributed by atoms with van der Waals surface area (Å²) < 4.78 is 35.1. The van der Waals surface area contributed by atoms with E-state index in [1.54, 1.807) is 76.2 Å². The van der Waals surface area contributed by atoms with Gasteiger partial charge in [0.15, 0.2) is 0 Å². The van der Waals surface area contributed by atoms with Gasteiger partial charge in [0.25, 0.3) is 11.7 Å². The smallest absolute Gasteiger partial charge is 0.343 e. The van der Waals surface area contributed by atoms with Crippen LogP contribution in [0.1, 0.15) is 95.5 Å². The Hall–Kier alpha value is -6.88. The van der Waals surface area contributed by atoms with Crippen LogP contribution < -0.4 is 24.8 Å². The molecule has 4 aliphatic rings. The van der Waals surface area contributed by atoms with Crippen molar-refractivity contribution < 1.29 is 67.4 Å². The normalized spacial score (nSPS) is 28.1. The highest BCUT2D eigenvalue weighted by atomic mass is 16.7. The summed E-state index contributed by atoms with van der Waals surface area (Å²) in [6, 6.07) is 14.3. The summed E-state index contributed by atoms with van der Waals surface area (Å²) in [6.07, 6.45) is 3.15. The molecule has 9 atom stereocenters. The molecule has 7 rings (SSSR count). The largest absolute Gasteiger partial charge is 0.497 e. The fourth-order valence-corrected chi connectivity index (χ4v) is 8.47. The van der Waals surface area contributed by atoms with Crippen molar-refractivity contribution in [2.24, 2.45) is 23.7 Å². The number of Topliss-reactive ketones (excluding diaryl/α,β-unsaturated/α-hetero) is 3. The Morgan fingerprint density at radius 2 is 1.49 bits per heavy atom. The zero-order valence-electron chi connectivity index (χ0n) is 39.0. The first-order chi connectivity index (χ1) is 31.7. The van der Waals surface area contributed by atoms with Crippen LogP contribution in [0.25, 0.3) is 0 Å². The Morgan fingerprint density at radius 1 is 0.821 bits per heavy atom. The van der Waals surface area contributed by atoms with Gasteiger partial charge in [0.05, 0.1) is 53.9 Å². The fourth-order valence-electron chi connectivity index (χ4n) is 8.47. The Balaban J connectivity index is 1.57.